The average molecular weight is 335 g/mol. The number of ether oxygens (including phenoxy) is 2. The summed E-state index contributed by atoms with van der Waals surface area (Å²) in [6, 6.07) is 5.39. The van der Waals surface area contributed by atoms with Crippen LogP contribution < -0.4 is 14.8 Å². The lowest BCUT2D eigenvalue weighted by Crippen LogP contribution is -2.12. The molecule has 0 saturated carbocycles. The van der Waals surface area contributed by atoms with Gasteiger partial charge in [0.2, 0.25) is 0 Å². The number of benzene rings is 1. The van der Waals surface area contributed by atoms with E-state index in [2.05, 4.69) is 14.9 Å². The molecule has 0 saturated heterocycles. The molecule has 1 N–H and O–H groups in total. The van der Waals surface area contributed by atoms with Gasteiger partial charge in [-0.05, 0) is 43.4 Å². The number of aromatic nitrogens is 2. The van der Waals surface area contributed by atoms with Crippen LogP contribution >= 0.6 is 11.5 Å². The molecule has 0 aliphatic heterocycles. The SMILES string of the molecule is CCCOc1ccc(NC(=O)c2snnc2C)cc1OCCC. The normalized spacial score (nSPS) is 10.4. The molecule has 0 bridgehead atoms. The standard InChI is InChI=1S/C16H21N3O3S/c1-4-8-21-13-7-6-12(10-14(13)22-9-5-2)17-16(20)15-11(3)18-19-23-15/h6-7,10H,4-5,8-9H2,1-3H3,(H,17,20). The van der Waals surface area contributed by atoms with Gasteiger partial charge in [0.25, 0.3) is 5.91 Å². The van der Waals surface area contributed by atoms with E-state index in [1.54, 1.807) is 19.1 Å². The van der Waals surface area contributed by atoms with E-state index in [4.69, 9.17) is 9.47 Å². The lowest BCUT2D eigenvalue weighted by atomic mass is 10.2. The predicted molar refractivity (Wildman–Crippen MR) is 90.6 cm³/mol. The van der Waals surface area contributed by atoms with Crippen LogP contribution in [-0.2, 0) is 0 Å². The van der Waals surface area contributed by atoms with Crippen LogP contribution in [0, 0.1) is 6.92 Å². The zero-order valence-corrected chi connectivity index (χ0v) is 14.4. The highest BCUT2D eigenvalue weighted by Crippen LogP contribution is 2.31. The third-order valence-corrected chi connectivity index (χ3v) is 3.81. The Balaban J connectivity index is 2.15. The van der Waals surface area contributed by atoms with Gasteiger partial charge >= 0.3 is 0 Å². The van der Waals surface area contributed by atoms with E-state index in [0.29, 0.717) is 41.0 Å². The zero-order chi connectivity index (χ0) is 16.7. The summed E-state index contributed by atoms with van der Waals surface area (Å²) in [5.74, 6) is 1.10. The van der Waals surface area contributed by atoms with E-state index < -0.39 is 0 Å². The molecule has 7 heteroatoms. The van der Waals surface area contributed by atoms with E-state index in [-0.39, 0.29) is 5.91 Å². The van der Waals surface area contributed by atoms with Gasteiger partial charge < -0.3 is 14.8 Å². The molecular formula is C16H21N3O3S. The fourth-order valence-corrected chi connectivity index (χ4v) is 2.42. The van der Waals surface area contributed by atoms with Gasteiger partial charge in [-0.2, -0.15) is 0 Å². The van der Waals surface area contributed by atoms with Gasteiger partial charge in [-0.25, -0.2) is 0 Å². The predicted octanol–water partition coefficient (Wildman–Crippen LogP) is 3.68. The number of nitrogens with one attached hydrogen (secondary N) is 1. The number of rotatable bonds is 8. The number of nitrogens with zero attached hydrogens (tertiary/aromatic N) is 2. The molecule has 0 atom stereocenters. The monoisotopic (exact) mass is 335 g/mol. The second-order valence-electron chi connectivity index (χ2n) is 5.00. The Bertz CT molecular complexity index is 658. The van der Waals surface area contributed by atoms with Crippen molar-refractivity contribution in [2.24, 2.45) is 0 Å². The van der Waals surface area contributed by atoms with Gasteiger partial charge in [-0.3, -0.25) is 4.79 Å². The first kappa shape index (κ1) is 17.2. The molecule has 1 heterocycles. The largest absolute Gasteiger partial charge is 0.490 e. The maximum absolute atomic E-state index is 12.2. The molecule has 2 rings (SSSR count). The fraction of sp³-hybridized carbons (Fsp3) is 0.438. The molecule has 6 nitrogen and oxygen atoms in total. The molecule has 0 aliphatic carbocycles. The molecular weight excluding hydrogens is 314 g/mol. The summed E-state index contributed by atoms with van der Waals surface area (Å²) >= 11 is 1.08. The van der Waals surface area contributed by atoms with Crippen molar-refractivity contribution in [3.63, 3.8) is 0 Å². The first-order chi connectivity index (χ1) is 11.2. The van der Waals surface area contributed by atoms with Crippen molar-refractivity contribution in [3.8, 4) is 11.5 Å². The number of anilines is 1. The van der Waals surface area contributed by atoms with Crippen molar-refractivity contribution >= 4 is 23.1 Å². The Morgan fingerprint density at radius 3 is 2.48 bits per heavy atom. The minimum absolute atomic E-state index is 0.221. The second kappa shape index (κ2) is 8.47. The lowest BCUT2D eigenvalue weighted by Gasteiger charge is -2.14. The highest BCUT2D eigenvalue weighted by Gasteiger charge is 2.14. The number of amides is 1. The molecule has 2 aromatic rings. The lowest BCUT2D eigenvalue weighted by molar-refractivity contribution is 0.103. The summed E-state index contributed by atoms with van der Waals surface area (Å²) in [7, 11) is 0. The molecule has 0 fully saturated rings. The van der Waals surface area contributed by atoms with Crippen molar-refractivity contribution < 1.29 is 14.3 Å². The number of carbonyl (C=O) groups excluding carboxylic acids is 1. The minimum Gasteiger partial charge on any atom is -0.490 e. The van der Waals surface area contributed by atoms with E-state index in [1.165, 1.54) is 0 Å². The molecule has 1 aromatic heterocycles. The van der Waals surface area contributed by atoms with Crippen molar-refractivity contribution in [1.82, 2.24) is 9.59 Å². The zero-order valence-electron chi connectivity index (χ0n) is 13.6. The summed E-state index contributed by atoms with van der Waals surface area (Å²) in [5.41, 5.74) is 1.27. The maximum Gasteiger partial charge on any atom is 0.269 e. The van der Waals surface area contributed by atoms with Crippen LogP contribution in [0.25, 0.3) is 0 Å². The van der Waals surface area contributed by atoms with Gasteiger partial charge in [-0.1, -0.05) is 18.3 Å². The summed E-state index contributed by atoms with van der Waals surface area (Å²) < 4.78 is 15.2. The first-order valence-corrected chi connectivity index (χ1v) is 8.43. The van der Waals surface area contributed by atoms with Crippen molar-refractivity contribution in [2.45, 2.75) is 33.6 Å². The van der Waals surface area contributed by atoms with Gasteiger partial charge in [-0.15, -0.1) is 5.10 Å². The number of carbonyl (C=O) groups is 1. The molecule has 0 spiro atoms. The fourth-order valence-electron chi connectivity index (χ4n) is 1.87. The third-order valence-electron chi connectivity index (χ3n) is 2.98. The molecule has 124 valence electrons. The van der Waals surface area contributed by atoms with Crippen LogP contribution in [0.15, 0.2) is 18.2 Å². The van der Waals surface area contributed by atoms with Crippen LogP contribution in [0.4, 0.5) is 5.69 Å². The number of hydrogen-bond acceptors (Lipinski definition) is 6. The highest BCUT2D eigenvalue weighted by molar-refractivity contribution is 7.08. The summed E-state index contributed by atoms with van der Waals surface area (Å²) in [6.45, 7) is 7.07. The van der Waals surface area contributed by atoms with Crippen LogP contribution in [0.3, 0.4) is 0 Å². The first-order valence-electron chi connectivity index (χ1n) is 7.65. The Morgan fingerprint density at radius 2 is 1.87 bits per heavy atom. The topological polar surface area (TPSA) is 73.3 Å². The quantitative estimate of drug-likeness (QED) is 0.796. The van der Waals surface area contributed by atoms with Crippen LogP contribution in [0.5, 0.6) is 11.5 Å². The molecule has 1 amide bonds. The van der Waals surface area contributed by atoms with Crippen molar-refractivity contribution in [3.05, 3.63) is 28.8 Å². The molecule has 1 aromatic carbocycles. The van der Waals surface area contributed by atoms with E-state index in [0.717, 1.165) is 24.4 Å². The number of aryl methyl sites for hydroxylation is 1. The van der Waals surface area contributed by atoms with E-state index in [9.17, 15) is 4.79 Å². The van der Waals surface area contributed by atoms with Gasteiger partial charge in [0.1, 0.15) is 4.88 Å². The Kier molecular flexibility index (Phi) is 6.34. The van der Waals surface area contributed by atoms with Crippen LogP contribution in [0.2, 0.25) is 0 Å². The molecule has 0 unspecified atom stereocenters. The summed E-state index contributed by atoms with van der Waals surface area (Å²) in [4.78, 5) is 12.7. The Morgan fingerprint density at radius 1 is 1.17 bits per heavy atom. The maximum atomic E-state index is 12.2. The number of hydrogen-bond donors (Lipinski definition) is 1. The van der Waals surface area contributed by atoms with Crippen molar-refractivity contribution in [1.29, 1.82) is 0 Å². The highest BCUT2D eigenvalue weighted by atomic mass is 32.1. The average Bonchev–Trinajstić information content (AvgIpc) is 2.98. The third kappa shape index (κ3) is 4.66. The Hall–Kier alpha value is -2.15. The molecule has 0 radical (unpaired) electrons. The summed E-state index contributed by atoms with van der Waals surface area (Å²) in [5, 5.41) is 6.69. The van der Waals surface area contributed by atoms with Gasteiger partial charge in [0, 0.05) is 11.8 Å². The molecule has 23 heavy (non-hydrogen) atoms. The van der Waals surface area contributed by atoms with Gasteiger partial charge in [0.15, 0.2) is 11.5 Å². The summed E-state index contributed by atoms with van der Waals surface area (Å²) in [6.07, 6.45) is 1.82. The second-order valence-corrected chi connectivity index (χ2v) is 5.75. The van der Waals surface area contributed by atoms with Crippen LogP contribution in [0.1, 0.15) is 42.1 Å². The van der Waals surface area contributed by atoms with Gasteiger partial charge in [0.05, 0.1) is 18.9 Å². The van der Waals surface area contributed by atoms with E-state index in [1.807, 2.05) is 19.9 Å². The minimum atomic E-state index is -0.221. The Labute approximate surface area is 140 Å². The molecule has 0 aliphatic rings. The van der Waals surface area contributed by atoms with Crippen LogP contribution in [-0.4, -0.2) is 28.7 Å². The van der Waals surface area contributed by atoms with E-state index >= 15 is 0 Å². The smallest absolute Gasteiger partial charge is 0.269 e. The van der Waals surface area contributed by atoms with Crippen molar-refractivity contribution in [2.75, 3.05) is 18.5 Å².